The lowest BCUT2D eigenvalue weighted by Gasteiger charge is -2.05. The van der Waals surface area contributed by atoms with Gasteiger partial charge in [0, 0.05) is 0 Å². The van der Waals surface area contributed by atoms with Gasteiger partial charge in [0.05, 0.1) is 22.3 Å². The number of amides is 1. The lowest BCUT2D eigenvalue weighted by Crippen LogP contribution is -2.23. The Bertz CT molecular complexity index is 717. The molecular formula is C13H10BrFN2O3S. The molecule has 0 unspecified atom stereocenters. The molecule has 0 aliphatic heterocycles. The molecule has 0 saturated heterocycles. The Hall–Kier alpha value is -1.80. The van der Waals surface area contributed by atoms with Gasteiger partial charge in [0.15, 0.2) is 0 Å². The van der Waals surface area contributed by atoms with Crippen molar-refractivity contribution in [3.8, 4) is 0 Å². The maximum atomic E-state index is 13.8. The van der Waals surface area contributed by atoms with Crippen molar-refractivity contribution in [2.24, 2.45) is 0 Å². The largest absolute Gasteiger partial charge is 0.477 e. The van der Waals surface area contributed by atoms with Crippen LogP contribution in [-0.2, 0) is 6.54 Å². The quantitative estimate of drug-likeness (QED) is 0.864. The van der Waals surface area contributed by atoms with Crippen LogP contribution in [0.5, 0.6) is 0 Å². The standard InChI is InChI=1S/C13H10BrFN2O3S/c1-6-11(13(19)20)21-9(17-6)5-16-12(18)7-3-2-4-8(14)10(7)15/h2-4H,5H2,1H3,(H,16,18)(H,19,20). The minimum absolute atomic E-state index is 0.0452. The number of aromatic carboxylic acids is 1. The number of carboxylic acids is 1. The van der Waals surface area contributed by atoms with E-state index in [1.807, 2.05) is 0 Å². The molecule has 0 radical (unpaired) electrons. The second-order valence-electron chi connectivity index (χ2n) is 4.11. The number of thiazole rings is 1. The van der Waals surface area contributed by atoms with E-state index in [0.29, 0.717) is 10.7 Å². The molecule has 2 N–H and O–H groups in total. The number of hydrogen-bond acceptors (Lipinski definition) is 4. The lowest BCUT2D eigenvalue weighted by molar-refractivity contribution is 0.0701. The van der Waals surface area contributed by atoms with Crippen LogP contribution < -0.4 is 5.32 Å². The van der Waals surface area contributed by atoms with Crippen LogP contribution in [0, 0.1) is 12.7 Å². The average molecular weight is 373 g/mol. The molecule has 1 aromatic carbocycles. The molecule has 0 aliphatic rings. The number of nitrogens with zero attached hydrogens (tertiary/aromatic N) is 1. The fourth-order valence-corrected chi connectivity index (χ4v) is 2.87. The summed E-state index contributed by atoms with van der Waals surface area (Å²) in [5.74, 6) is -2.28. The summed E-state index contributed by atoms with van der Waals surface area (Å²) < 4.78 is 14.0. The van der Waals surface area contributed by atoms with Crippen LogP contribution >= 0.6 is 27.3 Å². The molecule has 110 valence electrons. The Balaban J connectivity index is 2.09. The maximum Gasteiger partial charge on any atom is 0.347 e. The zero-order valence-electron chi connectivity index (χ0n) is 10.8. The van der Waals surface area contributed by atoms with Crippen LogP contribution in [0.4, 0.5) is 4.39 Å². The third kappa shape index (κ3) is 3.45. The number of hydrogen-bond donors (Lipinski definition) is 2. The monoisotopic (exact) mass is 372 g/mol. The molecule has 0 aliphatic carbocycles. The highest BCUT2D eigenvalue weighted by Crippen LogP contribution is 2.20. The Kier molecular flexibility index (Phi) is 4.69. The molecule has 0 saturated carbocycles. The molecule has 0 bridgehead atoms. The van der Waals surface area contributed by atoms with Gasteiger partial charge in [0.25, 0.3) is 5.91 Å². The fourth-order valence-electron chi connectivity index (χ4n) is 1.66. The lowest BCUT2D eigenvalue weighted by atomic mass is 10.2. The predicted octanol–water partition coefficient (Wildman–Crippen LogP) is 2.98. The Morgan fingerprint density at radius 1 is 1.48 bits per heavy atom. The SMILES string of the molecule is Cc1nc(CNC(=O)c2cccc(Br)c2F)sc1C(=O)O. The van der Waals surface area contributed by atoms with Crippen molar-refractivity contribution < 1.29 is 19.1 Å². The van der Waals surface area contributed by atoms with E-state index in [1.165, 1.54) is 12.1 Å². The third-order valence-electron chi connectivity index (χ3n) is 2.63. The highest BCUT2D eigenvalue weighted by Gasteiger charge is 2.16. The van der Waals surface area contributed by atoms with Gasteiger partial charge in [-0.2, -0.15) is 0 Å². The van der Waals surface area contributed by atoms with Crippen molar-refractivity contribution in [2.45, 2.75) is 13.5 Å². The van der Waals surface area contributed by atoms with Crippen molar-refractivity contribution in [2.75, 3.05) is 0 Å². The normalized spacial score (nSPS) is 10.4. The summed E-state index contributed by atoms with van der Waals surface area (Å²) in [6, 6.07) is 4.42. The molecule has 5 nitrogen and oxygen atoms in total. The first-order valence-corrected chi connectivity index (χ1v) is 7.43. The highest BCUT2D eigenvalue weighted by atomic mass is 79.9. The molecule has 2 aromatic rings. The number of aryl methyl sites for hydroxylation is 1. The molecule has 8 heteroatoms. The van der Waals surface area contributed by atoms with Crippen LogP contribution in [0.1, 0.15) is 30.7 Å². The number of carboxylic acid groups (broad SMARTS) is 1. The van der Waals surface area contributed by atoms with Crippen molar-refractivity contribution in [3.63, 3.8) is 0 Å². The number of carbonyl (C=O) groups excluding carboxylic acids is 1. The van der Waals surface area contributed by atoms with Gasteiger partial charge >= 0.3 is 5.97 Å². The molecule has 2 rings (SSSR count). The Morgan fingerprint density at radius 3 is 2.81 bits per heavy atom. The van der Waals surface area contributed by atoms with E-state index in [-0.39, 0.29) is 21.5 Å². The van der Waals surface area contributed by atoms with E-state index in [9.17, 15) is 14.0 Å². The highest BCUT2D eigenvalue weighted by molar-refractivity contribution is 9.10. The number of carbonyl (C=O) groups is 2. The van der Waals surface area contributed by atoms with Crippen molar-refractivity contribution >= 4 is 39.1 Å². The number of aromatic nitrogens is 1. The average Bonchev–Trinajstić information content (AvgIpc) is 2.80. The number of benzene rings is 1. The topological polar surface area (TPSA) is 79.3 Å². The van der Waals surface area contributed by atoms with Crippen molar-refractivity contribution in [1.82, 2.24) is 10.3 Å². The van der Waals surface area contributed by atoms with E-state index >= 15 is 0 Å². The molecule has 1 heterocycles. The summed E-state index contributed by atoms with van der Waals surface area (Å²) >= 11 is 3.99. The number of halogens is 2. The van der Waals surface area contributed by atoms with Crippen LogP contribution in [0.15, 0.2) is 22.7 Å². The first-order chi connectivity index (χ1) is 9.90. The fraction of sp³-hybridized carbons (Fsp3) is 0.154. The zero-order valence-corrected chi connectivity index (χ0v) is 13.2. The summed E-state index contributed by atoms with van der Waals surface area (Å²) in [6.07, 6.45) is 0. The van der Waals surface area contributed by atoms with Crippen molar-refractivity contribution in [3.05, 3.63) is 49.6 Å². The summed E-state index contributed by atoms with van der Waals surface area (Å²) in [7, 11) is 0. The van der Waals surface area contributed by atoms with Crippen LogP contribution in [0.25, 0.3) is 0 Å². The van der Waals surface area contributed by atoms with E-state index in [1.54, 1.807) is 13.0 Å². The van der Waals surface area contributed by atoms with Gasteiger partial charge in [-0.3, -0.25) is 4.79 Å². The molecule has 1 aromatic heterocycles. The smallest absolute Gasteiger partial charge is 0.347 e. The maximum absolute atomic E-state index is 13.8. The third-order valence-corrected chi connectivity index (χ3v) is 4.39. The summed E-state index contributed by atoms with van der Waals surface area (Å²) in [5.41, 5.74) is 0.307. The van der Waals surface area contributed by atoms with Crippen molar-refractivity contribution in [1.29, 1.82) is 0 Å². The second kappa shape index (κ2) is 6.31. The molecular weight excluding hydrogens is 363 g/mol. The van der Waals surface area contributed by atoms with Crippen LogP contribution in [0.3, 0.4) is 0 Å². The predicted molar refractivity (Wildman–Crippen MR) is 79.1 cm³/mol. The van der Waals surface area contributed by atoms with Gasteiger partial charge in [0.2, 0.25) is 0 Å². The molecule has 0 fully saturated rings. The summed E-state index contributed by atoms with van der Waals surface area (Å²) in [5, 5.41) is 11.9. The van der Waals surface area contributed by atoms with Gasteiger partial charge in [-0.05, 0) is 35.0 Å². The van der Waals surface area contributed by atoms with E-state index < -0.39 is 17.7 Å². The van der Waals surface area contributed by atoms with Gasteiger partial charge in [-0.15, -0.1) is 11.3 Å². The molecule has 21 heavy (non-hydrogen) atoms. The zero-order chi connectivity index (χ0) is 15.6. The van der Waals surface area contributed by atoms with E-state index in [0.717, 1.165) is 11.3 Å². The minimum atomic E-state index is -1.05. The van der Waals surface area contributed by atoms with Gasteiger partial charge < -0.3 is 10.4 Å². The molecule has 0 spiro atoms. The van der Waals surface area contributed by atoms with E-state index in [4.69, 9.17) is 5.11 Å². The molecule has 1 amide bonds. The van der Waals surface area contributed by atoms with Crippen LogP contribution in [0.2, 0.25) is 0 Å². The van der Waals surface area contributed by atoms with Gasteiger partial charge in [-0.25, -0.2) is 14.2 Å². The van der Waals surface area contributed by atoms with Gasteiger partial charge in [0.1, 0.15) is 15.7 Å². The summed E-state index contributed by atoms with van der Waals surface area (Å²) in [4.78, 5) is 27.0. The molecule has 0 atom stereocenters. The number of nitrogens with one attached hydrogen (secondary N) is 1. The first kappa shape index (κ1) is 15.6. The second-order valence-corrected chi connectivity index (χ2v) is 6.05. The Morgan fingerprint density at radius 2 is 2.19 bits per heavy atom. The van der Waals surface area contributed by atoms with E-state index in [2.05, 4.69) is 26.2 Å². The minimum Gasteiger partial charge on any atom is -0.477 e. The van der Waals surface area contributed by atoms with Gasteiger partial charge in [-0.1, -0.05) is 6.07 Å². The van der Waals surface area contributed by atoms with Crippen LogP contribution in [-0.4, -0.2) is 22.0 Å². The summed E-state index contributed by atoms with van der Waals surface area (Å²) in [6.45, 7) is 1.63. The number of rotatable bonds is 4. The Labute approximate surface area is 132 Å². The first-order valence-electron chi connectivity index (χ1n) is 5.82.